The van der Waals surface area contributed by atoms with Crippen LogP contribution in [0, 0.1) is 17.7 Å². The lowest BCUT2D eigenvalue weighted by atomic mass is 9.83. The number of hydrogen-bond donors (Lipinski definition) is 1. The van der Waals surface area contributed by atoms with Crippen molar-refractivity contribution in [1.29, 1.82) is 0 Å². The zero-order valence-corrected chi connectivity index (χ0v) is 20.3. The van der Waals surface area contributed by atoms with E-state index < -0.39 is 0 Å². The molecule has 0 bridgehead atoms. The summed E-state index contributed by atoms with van der Waals surface area (Å²) >= 11 is 0. The van der Waals surface area contributed by atoms with E-state index in [1.807, 2.05) is 22.8 Å². The molecule has 3 saturated heterocycles. The zero-order chi connectivity index (χ0) is 24.1. The Morgan fingerprint density at radius 1 is 0.972 bits per heavy atom. The average Bonchev–Trinajstić information content (AvgIpc) is 3.50. The van der Waals surface area contributed by atoms with Gasteiger partial charge in [-0.1, -0.05) is 0 Å². The first-order chi connectivity index (χ1) is 17.7. The van der Waals surface area contributed by atoms with Crippen LogP contribution in [-0.2, 0) is 16.0 Å². The Labute approximate surface area is 209 Å². The lowest BCUT2D eigenvalue weighted by Crippen LogP contribution is -2.41. The molecule has 7 rings (SSSR count). The van der Waals surface area contributed by atoms with Crippen LogP contribution < -0.4 is 4.90 Å². The van der Waals surface area contributed by atoms with Gasteiger partial charge in [-0.25, -0.2) is 9.37 Å². The minimum Gasteiger partial charge on any atom is -0.381 e. The van der Waals surface area contributed by atoms with Gasteiger partial charge in [0.1, 0.15) is 11.6 Å². The molecule has 3 aromatic heterocycles. The van der Waals surface area contributed by atoms with E-state index in [0.29, 0.717) is 24.5 Å². The number of aromatic nitrogens is 4. The maximum absolute atomic E-state index is 15.2. The molecule has 1 aromatic carbocycles. The van der Waals surface area contributed by atoms with Gasteiger partial charge in [-0.2, -0.15) is 9.61 Å². The Morgan fingerprint density at radius 2 is 1.81 bits per heavy atom. The van der Waals surface area contributed by atoms with Crippen LogP contribution in [0.15, 0.2) is 36.5 Å². The summed E-state index contributed by atoms with van der Waals surface area (Å²) in [6, 6.07) is 9.24. The van der Waals surface area contributed by atoms with Crippen LogP contribution in [0.4, 0.5) is 10.2 Å². The minimum atomic E-state index is -0.272. The number of benzene rings is 1. The van der Waals surface area contributed by atoms with Crippen LogP contribution in [0.2, 0.25) is 0 Å². The third-order valence-electron chi connectivity index (χ3n) is 8.08. The maximum Gasteiger partial charge on any atom is 0.158 e. The largest absolute Gasteiger partial charge is 0.381 e. The molecule has 1 N–H and O–H groups in total. The summed E-state index contributed by atoms with van der Waals surface area (Å²) < 4.78 is 28.1. The van der Waals surface area contributed by atoms with E-state index in [1.54, 1.807) is 6.07 Å². The van der Waals surface area contributed by atoms with Gasteiger partial charge in [0.2, 0.25) is 0 Å². The fourth-order valence-corrected chi connectivity index (χ4v) is 5.93. The molecule has 3 aliphatic rings. The predicted molar refractivity (Wildman–Crippen MR) is 136 cm³/mol. The van der Waals surface area contributed by atoms with Gasteiger partial charge < -0.3 is 19.4 Å². The van der Waals surface area contributed by atoms with Crippen LogP contribution in [0.1, 0.15) is 18.5 Å². The number of halogens is 1. The Kier molecular flexibility index (Phi) is 5.64. The molecule has 0 aliphatic carbocycles. The molecule has 188 valence electrons. The van der Waals surface area contributed by atoms with Gasteiger partial charge in [0, 0.05) is 60.3 Å². The number of H-pyrrole nitrogens is 1. The summed E-state index contributed by atoms with van der Waals surface area (Å²) in [4.78, 5) is 12.9. The number of nitrogens with zero attached hydrogens (tertiary/aromatic N) is 5. The second-order valence-corrected chi connectivity index (χ2v) is 10.3. The third-order valence-corrected chi connectivity index (χ3v) is 8.08. The van der Waals surface area contributed by atoms with E-state index in [4.69, 9.17) is 19.6 Å². The summed E-state index contributed by atoms with van der Waals surface area (Å²) in [5, 5.41) is 5.82. The lowest BCUT2D eigenvalue weighted by molar-refractivity contribution is -0.0726. The Balaban J connectivity index is 1.24. The number of hydrogen-bond acceptors (Lipinski definition) is 6. The van der Waals surface area contributed by atoms with Gasteiger partial charge in [-0.15, -0.1) is 0 Å². The lowest BCUT2D eigenvalue weighted by Gasteiger charge is -2.39. The Hall–Kier alpha value is -3.01. The quantitative estimate of drug-likeness (QED) is 0.460. The molecule has 3 aliphatic heterocycles. The van der Waals surface area contributed by atoms with Gasteiger partial charge in [-0.05, 0) is 50.0 Å². The normalized spacial score (nSPS) is 20.4. The van der Waals surface area contributed by atoms with Crippen molar-refractivity contribution >= 4 is 22.4 Å². The molecular formula is C27H31FN6O2. The summed E-state index contributed by atoms with van der Waals surface area (Å²) in [7, 11) is 0. The molecule has 0 amide bonds. The number of nitrogens with one attached hydrogen (secondary N) is 1. The number of aromatic amines is 1. The smallest absolute Gasteiger partial charge is 0.158 e. The second kappa shape index (κ2) is 9.14. The third kappa shape index (κ3) is 3.95. The van der Waals surface area contributed by atoms with Crippen LogP contribution in [-0.4, -0.2) is 77.1 Å². The first-order valence-electron chi connectivity index (χ1n) is 13.0. The summed E-state index contributed by atoms with van der Waals surface area (Å²) in [6.07, 6.45) is 4.29. The highest BCUT2D eigenvalue weighted by atomic mass is 19.1. The van der Waals surface area contributed by atoms with Gasteiger partial charge in [0.05, 0.1) is 37.8 Å². The summed E-state index contributed by atoms with van der Waals surface area (Å²) in [6.45, 7) is 7.71. The molecule has 36 heavy (non-hydrogen) atoms. The maximum atomic E-state index is 15.2. The van der Waals surface area contributed by atoms with E-state index in [0.717, 1.165) is 85.8 Å². The highest BCUT2D eigenvalue weighted by molar-refractivity contribution is 5.95. The average molecular weight is 491 g/mol. The van der Waals surface area contributed by atoms with Crippen molar-refractivity contribution in [2.24, 2.45) is 11.8 Å². The van der Waals surface area contributed by atoms with Crippen molar-refractivity contribution in [1.82, 2.24) is 24.5 Å². The number of likely N-dealkylation sites (tertiary alicyclic amines) is 1. The SMILES string of the molecule is Fc1ccc2[nH]ccc2c1-c1cc(N2CCOCC2)n2nc(CN3CCC(C4COC4)CC3)cc2n1. The van der Waals surface area contributed by atoms with E-state index in [9.17, 15) is 0 Å². The molecule has 3 fully saturated rings. The highest BCUT2D eigenvalue weighted by Gasteiger charge is 2.31. The van der Waals surface area contributed by atoms with Crippen LogP contribution in [0.5, 0.6) is 0 Å². The van der Waals surface area contributed by atoms with Crippen molar-refractivity contribution in [2.45, 2.75) is 19.4 Å². The molecule has 0 unspecified atom stereocenters. The summed E-state index contributed by atoms with van der Waals surface area (Å²) in [5.74, 6) is 2.21. The molecule has 0 spiro atoms. The second-order valence-electron chi connectivity index (χ2n) is 10.3. The molecule has 9 heteroatoms. The van der Waals surface area contributed by atoms with Gasteiger partial charge >= 0.3 is 0 Å². The van der Waals surface area contributed by atoms with E-state index in [-0.39, 0.29) is 5.82 Å². The number of rotatable bonds is 5. The fourth-order valence-electron chi connectivity index (χ4n) is 5.93. The van der Waals surface area contributed by atoms with Crippen LogP contribution in [0.3, 0.4) is 0 Å². The van der Waals surface area contributed by atoms with Crippen molar-refractivity contribution in [3.05, 3.63) is 48.0 Å². The molecule has 0 radical (unpaired) electrons. The van der Waals surface area contributed by atoms with Gasteiger partial charge in [0.15, 0.2) is 5.65 Å². The molecule has 6 heterocycles. The highest BCUT2D eigenvalue weighted by Crippen LogP contribution is 2.34. The molecular weight excluding hydrogens is 459 g/mol. The number of fused-ring (bicyclic) bond motifs is 2. The van der Waals surface area contributed by atoms with Crippen molar-refractivity contribution < 1.29 is 13.9 Å². The Morgan fingerprint density at radius 3 is 2.58 bits per heavy atom. The topological polar surface area (TPSA) is 70.9 Å². The van der Waals surface area contributed by atoms with Crippen molar-refractivity contribution in [3.8, 4) is 11.3 Å². The molecule has 0 saturated carbocycles. The predicted octanol–water partition coefficient (Wildman–Crippen LogP) is 3.71. The first kappa shape index (κ1) is 22.2. The zero-order valence-electron chi connectivity index (χ0n) is 20.3. The number of ether oxygens (including phenoxy) is 2. The van der Waals surface area contributed by atoms with Crippen molar-refractivity contribution in [3.63, 3.8) is 0 Å². The molecule has 0 atom stereocenters. The summed E-state index contributed by atoms with van der Waals surface area (Å²) in [5.41, 5.74) is 3.79. The first-order valence-corrected chi connectivity index (χ1v) is 13.0. The minimum absolute atomic E-state index is 0.272. The van der Waals surface area contributed by atoms with Crippen LogP contribution >= 0.6 is 0 Å². The van der Waals surface area contributed by atoms with E-state index in [2.05, 4.69) is 20.9 Å². The number of anilines is 1. The van der Waals surface area contributed by atoms with Crippen molar-refractivity contribution in [2.75, 3.05) is 57.5 Å². The Bertz CT molecular complexity index is 1380. The molecule has 8 nitrogen and oxygen atoms in total. The molecule has 4 aromatic rings. The van der Waals surface area contributed by atoms with Gasteiger partial charge in [0.25, 0.3) is 0 Å². The number of piperidine rings is 1. The van der Waals surface area contributed by atoms with Crippen LogP contribution in [0.25, 0.3) is 27.8 Å². The van der Waals surface area contributed by atoms with Gasteiger partial charge in [-0.3, -0.25) is 4.90 Å². The fraction of sp³-hybridized carbons (Fsp3) is 0.481. The number of morpholine rings is 1. The van der Waals surface area contributed by atoms with E-state index in [1.165, 1.54) is 18.9 Å². The van der Waals surface area contributed by atoms with E-state index >= 15 is 4.39 Å². The standard InChI is InChI=1S/C27H31FN6O2/c28-22-1-2-23-21(3-6-29-23)27(22)24-14-26(33-9-11-35-12-10-33)34-25(30-24)13-20(31-34)15-32-7-4-18(5-8-32)19-16-36-17-19/h1-3,6,13-14,18-19,29H,4-5,7-12,15-17H2. The monoisotopic (exact) mass is 490 g/mol.